The summed E-state index contributed by atoms with van der Waals surface area (Å²) in [6, 6.07) is 3.73. The maximum Gasteiger partial charge on any atom is 0.162 e. The van der Waals surface area contributed by atoms with Crippen LogP contribution in [-0.2, 0) is 0 Å². The van der Waals surface area contributed by atoms with Gasteiger partial charge in [-0.15, -0.1) is 0 Å². The van der Waals surface area contributed by atoms with Crippen LogP contribution in [0.5, 0.6) is 0 Å². The van der Waals surface area contributed by atoms with Gasteiger partial charge >= 0.3 is 0 Å². The Hall–Kier alpha value is -2.24. The van der Waals surface area contributed by atoms with Crippen molar-refractivity contribution in [1.29, 1.82) is 5.26 Å². The standard InChI is InChI=1S/C23H40ClN3.C15H23N3S/c1-6-9-10-13-27(22(7-2)8-3)23-11-14-26(15-12-23)18-19(4)21(17-25)16-20(5)24;1-7-9-11(3)12(4)10-14(8-2)16-15-13(5)17-19(6)18-15/h16,22-23H,6-15,18H2,1-5H3;8-10H,6-7H2,1-5H3,(H,16,18)/b20-16+,21-19-;11-9-,12-10-,14-8+. The Labute approximate surface area is 290 Å². The van der Waals surface area contributed by atoms with Crippen LogP contribution in [0, 0.1) is 11.3 Å². The molecule has 0 bridgehead atoms. The molecule has 2 aliphatic rings. The minimum Gasteiger partial charge on any atom is -0.338 e. The van der Waals surface area contributed by atoms with E-state index in [1.54, 1.807) is 6.08 Å². The second-order valence-corrected chi connectivity index (χ2v) is 14.0. The van der Waals surface area contributed by atoms with Crippen molar-refractivity contribution < 1.29 is 0 Å². The number of hydrogen-bond acceptors (Lipinski definition) is 6. The van der Waals surface area contributed by atoms with E-state index in [4.69, 9.17) is 11.6 Å². The number of nitrogens with one attached hydrogen (secondary N) is 1. The molecule has 2 heterocycles. The number of allylic oxidation sites excluding steroid dienone is 8. The molecule has 1 unspecified atom stereocenters. The molecular weight excluding hydrogens is 608 g/mol. The molecular formula is C38H63ClN6S. The van der Waals surface area contributed by atoms with Gasteiger partial charge in [0.15, 0.2) is 5.84 Å². The first-order chi connectivity index (χ1) is 21.9. The van der Waals surface area contributed by atoms with Crippen LogP contribution in [0.25, 0.3) is 0 Å². The molecule has 1 atom stereocenters. The molecule has 0 aromatic carbocycles. The van der Waals surface area contributed by atoms with Gasteiger partial charge in [-0.05, 0) is 129 Å². The van der Waals surface area contributed by atoms with Crippen molar-refractivity contribution in [3.8, 4) is 6.07 Å². The van der Waals surface area contributed by atoms with Crippen LogP contribution in [0.15, 0.2) is 66.1 Å². The largest absolute Gasteiger partial charge is 0.338 e. The Morgan fingerprint density at radius 3 is 2.22 bits per heavy atom. The Morgan fingerprint density at radius 2 is 1.74 bits per heavy atom. The Bertz CT molecular complexity index is 1230. The van der Waals surface area contributed by atoms with E-state index in [1.807, 2.05) is 26.8 Å². The van der Waals surface area contributed by atoms with Gasteiger partial charge in [0.2, 0.25) is 0 Å². The van der Waals surface area contributed by atoms with Crippen LogP contribution in [-0.4, -0.2) is 65.5 Å². The quantitative estimate of drug-likeness (QED) is 0.0815. The van der Waals surface area contributed by atoms with Crippen LogP contribution in [0.3, 0.4) is 0 Å². The molecule has 46 heavy (non-hydrogen) atoms. The molecule has 8 heteroatoms. The Kier molecular flexibility index (Phi) is 21.0. The summed E-state index contributed by atoms with van der Waals surface area (Å²) in [5, 5.41) is 13.4. The van der Waals surface area contributed by atoms with Crippen LogP contribution in [0.1, 0.15) is 121 Å². The van der Waals surface area contributed by atoms with Gasteiger partial charge in [0.1, 0.15) is 0 Å². The molecule has 2 rings (SSSR count). The average molecular weight is 671 g/mol. The minimum absolute atomic E-state index is 0.472. The second-order valence-electron chi connectivity index (χ2n) is 12.4. The van der Waals surface area contributed by atoms with Gasteiger partial charge in [-0.3, -0.25) is 9.80 Å². The highest BCUT2D eigenvalue weighted by atomic mass is 35.5. The monoisotopic (exact) mass is 670 g/mol. The first kappa shape index (κ1) is 41.8. The van der Waals surface area contributed by atoms with E-state index < -0.39 is 10.9 Å². The van der Waals surface area contributed by atoms with Gasteiger partial charge in [-0.1, -0.05) is 69.9 Å². The highest BCUT2D eigenvalue weighted by Gasteiger charge is 2.28. The van der Waals surface area contributed by atoms with Gasteiger partial charge in [0.05, 0.1) is 17.4 Å². The molecule has 1 fully saturated rings. The lowest BCUT2D eigenvalue weighted by molar-refractivity contribution is 0.0704. The summed E-state index contributed by atoms with van der Waals surface area (Å²) in [5.41, 5.74) is 6.35. The molecule has 0 aromatic heterocycles. The van der Waals surface area contributed by atoms with E-state index >= 15 is 0 Å². The molecule has 258 valence electrons. The third kappa shape index (κ3) is 15.1. The van der Waals surface area contributed by atoms with Gasteiger partial charge < -0.3 is 5.32 Å². The van der Waals surface area contributed by atoms with Gasteiger partial charge in [-0.2, -0.15) is 9.66 Å². The van der Waals surface area contributed by atoms with Gasteiger partial charge in [-0.25, -0.2) is 4.40 Å². The summed E-state index contributed by atoms with van der Waals surface area (Å²) in [4.78, 5) is 5.31. The first-order valence-corrected chi connectivity index (χ1v) is 19.0. The fourth-order valence-corrected chi connectivity index (χ4v) is 6.83. The lowest BCUT2D eigenvalue weighted by Crippen LogP contribution is -2.49. The van der Waals surface area contributed by atoms with E-state index in [0.717, 1.165) is 54.9 Å². The van der Waals surface area contributed by atoms with Crippen molar-refractivity contribution in [2.45, 2.75) is 133 Å². The minimum atomic E-state index is -0.472. The fourth-order valence-electron chi connectivity index (χ4n) is 5.89. The van der Waals surface area contributed by atoms with Crippen LogP contribution < -0.4 is 5.32 Å². The zero-order valence-corrected chi connectivity index (χ0v) is 32.3. The lowest BCUT2D eigenvalue weighted by atomic mass is 9.97. The molecule has 2 aliphatic heterocycles. The molecule has 0 aliphatic carbocycles. The van der Waals surface area contributed by atoms with Crippen molar-refractivity contribution in [3.63, 3.8) is 0 Å². The fraction of sp³-hybridized carbons (Fsp3) is 0.632. The van der Waals surface area contributed by atoms with Crippen molar-refractivity contribution in [3.05, 3.63) is 57.3 Å². The number of nitriles is 1. The maximum absolute atomic E-state index is 9.37. The van der Waals surface area contributed by atoms with Crippen LogP contribution in [0.4, 0.5) is 0 Å². The highest BCUT2D eigenvalue weighted by Crippen LogP contribution is 2.24. The summed E-state index contributed by atoms with van der Waals surface area (Å²) in [6.45, 7) is 25.6. The predicted octanol–water partition coefficient (Wildman–Crippen LogP) is 10.3. The normalized spacial score (nSPS) is 19.4. The topological polar surface area (TPSA) is 67.0 Å². The number of amidine groups is 1. The molecule has 6 nitrogen and oxygen atoms in total. The van der Waals surface area contributed by atoms with E-state index in [9.17, 15) is 5.26 Å². The van der Waals surface area contributed by atoms with Crippen molar-refractivity contribution >= 4 is 39.9 Å². The van der Waals surface area contributed by atoms with E-state index in [1.165, 1.54) is 62.6 Å². The van der Waals surface area contributed by atoms with Crippen LogP contribution in [0.2, 0.25) is 0 Å². The molecule has 0 aromatic rings. The molecule has 0 spiro atoms. The Balaban J connectivity index is 0.000000489. The number of likely N-dealkylation sites (tertiary alicyclic amines) is 1. The van der Waals surface area contributed by atoms with E-state index in [0.29, 0.717) is 16.6 Å². The predicted molar refractivity (Wildman–Crippen MR) is 208 cm³/mol. The van der Waals surface area contributed by atoms with Gasteiger partial charge in [0.25, 0.3) is 0 Å². The highest BCUT2D eigenvalue weighted by molar-refractivity contribution is 8.12. The van der Waals surface area contributed by atoms with E-state index in [2.05, 4.69) is 96.5 Å². The summed E-state index contributed by atoms with van der Waals surface area (Å²) in [7, 11) is -0.472. The van der Waals surface area contributed by atoms with Crippen LogP contribution >= 0.6 is 22.5 Å². The number of nitrogens with zero attached hydrogens (tertiary/aromatic N) is 5. The lowest BCUT2D eigenvalue weighted by Gasteiger charge is -2.42. The zero-order chi connectivity index (χ0) is 34.6. The summed E-state index contributed by atoms with van der Waals surface area (Å²) in [6.07, 6.45) is 18.2. The average Bonchev–Trinajstić information content (AvgIpc) is 3.35. The van der Waals surface area contributed by atoms with E-state index in [-0.39, 0.29) is 0 Å². The smallest absolute Gasteiger partial charge is 0.162 e. The molecule has 1 saturated heterocycles. The number of unbranched alkanes of at least 4 members (excludes halogenated alkanes) is 2. The number of hydrogen-bond donors (Lipinski definition) is 1. The zero-order valence-electron chi connectivity index (χ0n) is 30.7. The van der Waals surface area contributed by atoms with Crippen molar-refractivity contribution in [2.75, 3.05) is 26.2 Å². The summed E-state index contributed by atoms with van der Waals surface area (Å²) >= 11 is 5.96. The second kappa shape index (κ2) is 23.1. The number of rotatable bonds is 15. The van der Waals surface area contributed by atoms with Crippen molar-refractivity contribution in [1.82, 2.24) is 15.1 Å². The third-order valence-electron chi connectivity index (χ3n) is 8.70. The SMILES string of the molecule is C=S1N=C(C)C(NC(/C=C(C)\C(C)=C/CC)=C/C)=N1.CCCCCN(C(CC)CC)C1CCN(C/C(C)=C(C#N)/C=C(\C)Cl)CC1. The summed E-state index contributed by atoms with van der Waals surface area (Å²) < 4.78 is 8.69. The van der Waals surface area contributed by atoms with Crippen molar-refractivity contribution in [2.24, 2.45) is 8.80 Å². The van der Waals surface area contributed by atoms with Gasteiger partial charge in [0, 0.05) is 40.2 Å². The molecule has 0 amide bonds. The Morgan fingerprint density at radius 1 is 1.09 bits per heavy atom. The first-order valence-electron chi connectivity index (χ1n) is 17.3. The molecule has 1 N–H and O–H groups in total. The third-order valence-corrected chi connectivity index (χ3v) is 9.69. The maximum atomic E-state index is 9.37. The number of piperidine rings is 1. The number of halogens is 1. The molecule has 0 saturated carbocycles. The molecule has 0 radical (unpaired) electrons. The summed E-state index contributed by atoms with van der Waals surface area (Å²) in [5.74, 6) is 4.68.